The number of benzene rings is 1. The van der Waals surface area contributed by atoms with Crippen LogP contribution in [-0.2, 0) is 22.3 Å². The Balaban J connectivity index is 2.39. The molecule has 148 valence electrons. The number of carbonyl (C=O) groups is 3. The molecule has 0 saturated carbocycles. The number of nitrogens with zero attached hydrogens (tertiary/aromatic N) is 2. The third kappa shape index (κ3) is 4.10. The smallest absolute Gasteiger partial charge is 0.416 e. The van der Waals surface area contributed by atoms with E-state index in [1.807, 2.05) is 0 Å². The van der Waals surface area contributed by atoms with Crippen molar-refractivity contribution < 1.29 is 37.8 Å². The van der Waals surface area contributed by atoms with Crippen LogP contribution in [0.2, 0.25) is 5.02 Å². The molecule has 2 N–H and O–H groups in total. The van der Waals surface area contributed by atoms with E-state index in [2.05, 4.69) is 0 Å². The number of likely N-dealkylation sites (tertiary alicyclic amines) is 1. The normalized spacial score (nSPS) is 19.8. The van der Waals surface area contributed by atoms with Crippen LogP contribution in [0.4, 0.5) is 18.0 Å². The predicted octanol–water partition coefficient (Wildman–Crippen LogP) is 2.91. The van der Waals surface area contributed by atoms with E-state index in [0.29, 0.717) is 6.07 Å². The second kappa shape index (κ2) is 7.26. The van der Waals surface area contributed by atoms with Gasteiger partial charge in [0.25, 0.3) is 0 Å². The number of hydrogen-bond acceptors (Lipinski definition) is 3. The first-order valence-corrected chi connectivity index (χ1v) is 8.11. The van der Waals surface area contributed by atoms with Gasteiger partial charge in [-0.15, -0.1) is 0 Å². The molecule has 0 aliphatic carbocycles. The van der Waals surface area contributed by atoms with Crippen LogP contribution in [0.5, 0.6) is 0 Å². The Labute approximate surface area is 156 Å². The third-order valence-corrected chi connectivity index (χ3v) is 4.87. The van der Waals surface area contributed by atoms with E-state index in [1.165, 1.54) is 0 Å². The molecule has 1 fully saturated rings. The average molecular weight is 409 g/mol. The Morgan fingerprint density at radius 2 is 1.93 bits per heavy atom. The van der Waals surface area contributed by atoms with Crippen LogP contribution < -0.4 is 0 Å². The summed E-state index contributed by atoms with van der Waals surface area (Å²) in [4.78, 5) is 37.0. The fourth-order valence-electron chi connectivity index (χ4n) is 3.05. The fourth-order valence-corrected chi connectivity index (χ4v) is 3.29. The molecule has 0 unspecified atom stereocenters. The number of hydrogen-bond donors (Lipinski definition) is 2. The summed E-state index contributed by atoms with van der Waals surface area (Å²) in [6.45, 7) is 0.194. The van der Waals surface area contributed by atoms with Gasteiger partial charge >= 0.3 is 18.2 Å². The van der Waals surface area contributed by atoms with Crippen molar-refractivity contribution in [1.29, 1.82) is 0 Å². The minimum absolute atomic E-state index is 0.0911. The molecule has 11 heteroatoms. The highest BCUT2D eigenvalue weighted by Crippen LogP contribution is 2.35. The van der Waals surface area contributed by atoms with Crippen LogP contribution in [-0.4, -0.2) is 56.6 Å². The molecule has 0 bridgehead atoms. The first kappa shape index (κ1) is 20.8. The van der Waals surface area contributed by atoms with E-state index >= 15 is 0 Å². The summed E-state index contributed by atoms with van der Waals surface area (Å²) in [5.74, 6) is -2.06. The molecule has 2 rings (SSSR count). The van der Waals surface area contributed by atoms with Gasteiger partial charge in [0.15, 0.2) is 5.54 Å². The molecule has 1 saturated heterocycles. The molecule has 1 aromatic carbocycles. The maximum absolute atomic E-state index is 12.8. The van der Waals surface area contributed by atoms with Crippen LogP contribution in [0.15, 0.2) is 18.2 Å². The molecule has 1 atom stereocenters. The van der Waals surface area contributed by atoms with Gasteiger partial charge in [0.1, 0.15) is 0 Å². The van der Waals surface area contributed by atoms with Crippen molar-refractivity contribution in [3.8, 4) is 0 Å². The lowest BCUT2D eigenvalue weighted by Gasteiger charge is -2.37. The highest BCUT2D eigenvalue weighted by Gasteiger charge is 2.52. The van der Waals surface area contributed by atoms with Gasteiger partial charge in [0.2, 0.25) is 5.91 Å². The summed E-state index contributed by atoms with van der Waals surface area (Å²) in [6.07, 6.45) is -6.07. The summed E-state index contributed by atoms with van der Waals surface area (Å²) in [5.41, 5.74) is -2.68. The van der Waals surface area contributed by atoms with Crippen molar-refractivity contribution >= 4 is 29.6 Å². The van der Waals surface area contributed by atoms with Gasteiger partial charge in [-0.3, -0.25) is 4.79 Å². The van der Waals surface area contributed by atoms with Crippen LogP contribution in [0.1, 0.15) is 24.5 Å². The zero-order valence-corrected chi connectivity index (χ0v) is 14.8. The number of carboxylic acid groups (broad SMARTS) is 2. The van der Waals surface area contributed by atoms with E-state index < -0.39 is 41.8 Å². The van der Waals surface area contributed by atoms with E-state index in [0.717, 1.165) is 28.9 Å². The summed E-state index contributed by atoms with van der Waals surface area (Å²) in [6, 6.07) is 2.55. The zero-order chi connectivity index (χ0) is 20.6. The van der Waals surface area contributed by atoms with Crippen LogP contribution >= 0.6 is 11.6 Å². The summed E-state index contributed by atoms with van der Waals surface area (Å²) < 4.78 is 38.3. The van der Waals surface area contributed by atoms with Crippen molar-refractivity contribution in [1.82, 2.24) is 9.80 Å². The standard InChI is InChI=1S/C16H16ClF3N2O5/c1-9(23)22(15(13(24)25)4-5-21(8-15)14(26)27)7-10-2-3-11(6-12(10)17)16(18,19)20/h2-3,6H,4-5,7-8H2,1H3,(H,24,25)(H,26,27)/t15-/m0/s1. The van der Waals surface area contributed by atoms with Crippen LogP contribution in [0.3, 0.4) is 0 Å². The van der Waals surface area contributed by atoms with Gasteiger partial charge in [-0.2, -0.15) is 13.2 Å². The highest BCUT2D eigenvalue weighted by atomic mass is 35.5. The van der Waals surface area contributed by atoms with Crippen molar-refractivity contribution in [2.45, 2.75) is 31.6 Å². The molecule has 27 heavy (non-hydrogen) atoms. The monoisotopic (exact) mass is 408 g/mol. The van der Waals surface area contributed by atoms with Crippen LogP contribution in [0.25, 0.3) is 0 Å². The fraction of sp³-hybridized carbons (Fsp3) is 0.438. The SMILES string of the molecule is CC(=O)N(Cc1ccc(C(F)(F)F)cc1Cl)[C@@]1(C(=O)O)CCN(C(=O)O)C1. The first-order chi connectivity index (χ1) is 12.4. The van der Waals surface area contributed by atoms with E-state index in [4.69, 9.17) is 16.7 Å². The number of halogens is 4. The van der Waals surface area contributed by atoms with Gasteiger partial charge in [-0.25, -0.2) is 9.59 Å². The van der Waals surface area contributed by atoms with Gasteiger partial charge in [0.05, 0.1) is 12.1 Å². The molecule has 0 aromatic heterocycles. The Hall–Kier alpha value is -2.49. The lowest BCUT2D eigenvalue weighted by Crippen LogP contribution is -2.58. The number of amides is 2. The van der Waals surface area contributed by atoms with Crippen molar-refractivity contribution in [3.05, 3.63) is 34.3 Å². The molecule has 2 amide bonds. The maximum atomic E-state index is 12.8. The minimum atomic E-state index is -4.60. The highest BCUT2D eigenvalue weighted by molar-refractivity contribution is 6.31. The Morgan fingerprint density at radius 3 is 2.33 bits per heavy atom. The maximum Gasteiger partial charge on any atom is 0.416 e. The lowest BCUT2D eigenvalue weighted by molar-refractivity contribution is -0.158. The summed E-state index contributed by atoms with van der Waals surface area (Å²) >= 11 is 5.91. The van der Waals surface area contributed by atoms with E-state index in [1.54, 1.807) is 0 Å². The van der Waals surface area contributed by atoms with E-state index in [-0.39, 0.29) is 30.1 Å². The molecule has 1 aromatic rings. The predicted molar refractivity (Wildman–Crippen MR) is 87.3 cm³/mol. The number of rotatable bonds is 4. The Bertz CT molecular complexity index is 786. The molecule has 7 nitrogen and oxygen atoms in total. The van der Waals surface area contributed by atoms with Crippen LogP contribution in [0, 0.1) is 0 Å². The van der Waals surface area contributed by atoms with Gasteiger partial charge in [0, 0.05) is 31.5 Å². The zero-order valence-electron chi connectivity index (χ0n) is 14.1. The van der Waals surface area contributed by atoms with Gasteiger partial charge < -0.3 is 20.0 Å². The molecule has 0 spiro atoms. The van der Waals surface area contributed by atoms with Crippen molar-refractivity contribution in [2.75, 3.05) is 13.1 Å². The topological polar surface area (TPSA) is 98.2 Å². The summed E-state index contributed by atoms with van der Waals surface area (Å²) in [5, 5.41) is 18.5. The number of carboxylic acids is 1. The van der Waals surface area contributed by atoms with Crippen molar-refractivity contribution in [3.63, 3.8) is 0 Å². The van der Waals surface area contributed by atoms with Gasteiger partial charge in [-0.1, -0.05) is 17.7 Å². The number of aliphatic carboxylic acids is 1. The lowest BCUT2D eigenvalue weighted by atomic mass is 9.95. The second-order valence-electron chi connectivity index (χ2n) is 6.20. The minimum Gasteiger partial charge on any atom is -0.479 e. The summed E-state index contributed by atoms with van der Waals surface area (Å²) in [7, 11) is 0. The molecular formula is C16H16ClF3N2O5. The molecule has 1 aliphatic rings. The third-order valence-electron chi connectivity index (χ3n) is 4.52. The molecule has 1 heterocycles. The number of alkyl halides is 3. The van der Waals surface area contributed by atoms with Crippen molar-refractivity contribution in [2.24, 2.45) is 0 Å². The average Bonchev–Trinajstić information content (AvgIpc) is 2.99. The molecule has 1 aliphatic heterocycles. The number of carbonyl (C=O) groups excluding carboxylic acids is 1. The first-order valence-electron chi connectivity index (χ1n) is 7.73. The molecular weight excluding hydrogens is 393 g/mol. The molecule has 0 radical (unpaired) electrons. The van der Waals surface area contributed by atoms with E-state index in [9.17, 15) is 32.7 Å². The quantitative estimate of drug-likeness (QED) is 0.798. The Morgan fingerprint density at radius 1 is 1.30 bits per heavy atom. The Kier molecular flexibility index (Phi) is 5.60. The van der Waals surface area contributed by atoms with Gasteiger partial charge in [-0.05, 0) is 17.7 Å². The second-order valence-corrected chi connectivity index (χ2v) is 6.61. The largest absolute Gasteiger partial charge is 0.479 e.